The highest BCUT2D eigenvalue weighted by Gasteiger charge is 2.23. The normalized spacial score (nSPS) is 14.0. The number of carboxylic acids is 1. The first-order chi connectivity index (χ1) is 10.6. The Morgan fingerprint density at radius 2 is 2.05 bits per heavy atom. The van der Waals surface area contributed by atoms with Gasteiger partial charge in [-0.15, -0.1) is 0 Å². The van der Waals surface area contributed by atoms with Gasteiger partial charge in [-0.1, -0.05) is 19.0 Å². The monoisotopic (exact) mass is 303 g/mol. The summed E-state index contributed by atoms with van der Waals surface area (Å²) in [7, 11) is 0. The van der Waals surface area contributed by atoms with Crippen LogP contribution in [-0.2, 0) is 0 Å². The summed E-state index contributed by atoms with van der Waals surface area (Å²) >= 11 is 0. The van der Waals surface area contributed by atoms with Crippen LogP contribution < -0.4 is 9.47 Å². The number of aromatic carboxylic acids is 1. The predicted molar refractivity (Wildman–Crippen MR) is 78.6 cm³/mol. The first-order valence-corrected chi connectivity index (χ1v) is 7.21. The van der Waals surface area contributed by atoms with E-state index < -0.39 is 5.97 Å². The molecular weight excluding hydrogens is 286 g/mol. The van der Waals surface area contributed by atoms with Crippen molar-refractivity contribution in [2.24, 2.45) is 0 Å². The molecule has 6 nitrogen and oxygen atoms in total. The highest BCUT2D eigenvalue weighted by atomic mass is 16.5. The Morgan fingerprint density at radius 3 is 2.73 bits per heavy atom. The van der Waals surface area contributed by atoms with Gasteiger partial charge in [0.05, 0.1) is 13.2 Å². The van der Waals surface area contributed by atoms with Gasteiger partial charge in [0.1, 0.15) is 5.69 Å². The van der Waals surface area contributed by atoms with E-state index in [1.807, 2.05) is 26.0 Å². The van der Waals surface area contributed by atoms with E-state index in [0.29, 0.717) is 30.4 Å². The van der Waals surface area contributed by atoms with E-state index in [0.717, 1.165) is 17.5 Å². The van der Waals surface area contributed by atoms with Gasteiger partial charge in [0.25, 0.3) is 0 Å². The molecular formula is C16H17NO5. The first-order valence-electron chi connectivity index (χ1n) is 7.21. The van der Waals surface area contributed by atoms with E-state index in [-0.39, 0.29) is 11.7 Å². The number of fused-ring (bicyclic) bond motifs is 1. The molecule has 0 unspecified atom stereocenters. The van der Waals surface area contributed by atoms with Crippen molar-refractivity contribution in [1.82, 2.24) is 5.16 Å². The SMILES string of the molecule is CC(C)c1c(-c2cc(C(=O)O)on2)ccc2c1OCCCO2. The van der Waals surface area contributed by atoms with Gasteiger partial charge < -0.3 is 19.1 Å². The van der Waals surface area contributed by atoms with Gasteiger partial charge >= 0.3 is 5.97 Å². The van der Waals surface area contributed by atoms with Crippen molar-refractivity contribution < 1.29 is 23.9 Å². The van der Waals surface area contributed by atoms with Crippen molar-refractivity contribution in [2.75, 3.05) is 13.2 Å². The average molecular weight is 303 g/mol. The smallest absolute Gasteiger partial charge is 0.374 e. The lowest BCUT2D eigenvalue weighted by molar-refractivity contribution is 0.0652. The molecule has 3 rings (SSSR count). The molecule has 0 bridgehead atoms. The molecule has 0 atom stereocenters. The zero-order valence-electron chi connectivity index (χ0n) is 12.5. The standard InChI is InChI=1S/C16H17NO5/c1-9(2)14-10(11-8-13(16(18)19)22-17-11)4-5-12-15(14)21-7-3-6-20-12/h4-5,8-9H,3,6-7H2,1-2H3,(H,18,19). The van der Waals surface area contributed by atoms with Crippen LogP contribution in [0.1, 0.15) is 42.3 Å². The first kappa shape index (κ1) is 14.4. The average Bonchev–Trinajstić information content (AvgIpc) is 2.85. The summed E-state index contributed by atoms with van der Waals surface area (Å²) in [6.45, 7) is 5.31. The van der Waals surface area contributed by atoms with Crippen LogP contribution in [0.4, 0.5) is 0 Å². The van der Waals surface area contributed by atoms with Crippen molar-refractivity contribution in [3.8, 4) is 22.8 Å². The fourth-order valence-corrected chi connectivity index (χ4v) is 2.56. The maximum absolute atomic E-state index is 11.0. The van der Waals surface area contributed by atoms with Gasteiger partial charge in [-0.3, -0.25) is 0 Å². The predicted octanol–water partition coefficient (Wildman–Crippen LogP) is 3.32. The summed E-state index contributed by atoms with van der Waals surface area (Å²) in [6.07, 6.45) is 0.828. The zero-order valence-corrected chi connectivity index (χ0v) is 12.5. The summed E-state index contributed by atoms with van der Waals surface area (Å²) in [5, 5.41) is 12.8. The number of benzene rings is 1. The molecule has 0 spiro atoms. The van der Waals surface area contributed by atoms with Crippen LogP contribution in [-0.4, -0.2) is 29.4 Å². The number of carboxylic acid groups (broad SMARTS) is 1. The van der Waals surface area contributed by atoms with Crippen LogP contribution in [0.2, 0.25) is 0 Å². The summed E-state index contributed by atoms with van der Waals surface area (Å²) in [4.78, 5) is 11.0. The van der Waals surface area contributed by atoms with E-state index in [9.17, 15) is 4.79 Å². The Labute approximate surface area is 127 Å². The number of aromatic nitrogens is 1. The third kappa shape index (κ3) is 2.52. The highest BCUT2D eigenvalue weighted by Crippen LogP contribution is 2.43. The highest BCUT2D eigenvalue weighted by molar-refractivity contribution is 5.86. The van der Waals surface area contributed by atoms with E-state index in [2.05, 4.69) is 5.16 Å². The van der Waals surface area contributed by atoms with Crippen LogP contribution >= 0.6 is 0 Å². The van der Waals surface area contributed by atoms with Gasteiger partial charge in [-0.2, -0.15) is 0 Å². The lowest BCUT2D eigenvalue weighted by Gasteiger charge is -2.18. The molecule has 0 amide bonds. The lowest BCUT2D eigenvalue weighted by Crippen LogP contribution is -2.01. The topological polar surface area (TPSA) is 81.8 Å². The fourth-order valence-electron chi connectivity index (χ4n) is 2.56. The largest absolute Gasteiger partial charge is 0.490 e. The third-order valence-electron chi connectivity index (χ3n) is 3.53. The van der Waals surface area contributed by atoms with Gasteiger partial charge in [0.15, 0.2) is 11.5 Å². The number of hydrogen-bond acceptors (Lipinski definition) is 5. The molecule has 116 valence electrons. The molecule has 1 aliphatic rings. The van der Waals surface area contributed by atoms with Crippen LogP contribution in [0.3, 0.4) is 0 Å². The molecule has 1 aliphatic heterocycles. The second-order valence-corrected chi connectivity index (χ2v) is 5.44. The van der Waals surface area contributed by atoms with E-state index >= 15 is 0 Å². The van der Waals surface area contributed by atoms with Gasteiger partial charge in [0.2, 0.25) is 5.76 Å². The number of nitrogens with zero attached hydrogens (tertiary/aromatic N) is 1. The van der Waals surface area contributed by atoms with Crippen LogP contribution in [0.25, 0.3) is 11.3 Å². The molecule has 2 heterocycles. The minimum Gasteiger partial charge on any atom is -0.490 e. The lowest BCUT2D eigenvalue weighted by atomic mass is 9.93. The maximum atomic E-state index is 11.0. The molecule has 0 fully saturated rings. The van der Waals surface area contributed by atoms with Crippen molar-refractivity contribution >= 4 is 5.97 Å². The second kappa shape index (κ2) is 5.71. The van der Waals surface area contributed by atoms with E-state index in [1.54, 1.807) is 0 Å². The molecule has 1 N–H and O–H groups in total. The van der Waals surface area contributed by atoms with Crippen molar-refractivity contribution in [3.63, 3.8) is 0 Å². The molecule has 0 saturated carbocycles. The number of hydrogen-bond donors (Lipinski definition) is 1. The maximum Gasteiger partial charge on any atom is 0.374 e. The van der Waals surface area contributed by atoms with E-state index in [4.69, 9.17) is 19.1 Å². The molecule has 22 heavy (non-hydrogen) atoms. The van der Waals surface area contributed by atoms with Crippen molar-refractivity contribution in [3.05, 3.63) is 29.5 Å². The third-order valence-corrected chi connectivity index (χ3v) is 3.53. The van der Waals surface area contributed by atoms with Crippen LogP contribution in [0.5, 0.6) is 11.5 Å². The van der Waals surface area contributed by atoms with Gasteiger partial charge in [-0.05, 0) is 18.1 Å². The molecule has 0 aliphatic carbocycles. The van der Waals surface area contributed by atoms with Gasteiger partial charge in [-0.25, -0.2) is 4.79 Å². The number of carbonyl (C=O) groups is 1. The molecule has 0 saturated heterocycles. The van der Waals surface area contributed by atoms with Crippen molar-refractivity contribution in [1.29, 1.82) is 0 Å². The fraction of sp³-hybridized carbons (Fsp3) is 0.375. The Kier molecular flexibility index (Phi) is 3.75. The summed E-state index contributed by atoms with van der Waals surface area (Å²) in [6, 6.07) is 5.12. The Balaban J connectivity index is 2.14. The Hall–Kier alpha value is -2.50. The van der Waals surface area contributed by atoms with Crippen LogP contribution in [0, 0.1) is 0 Å². The minimum atomic E-state index is -1.14. The van der Waals surface area contributed by atoms with Crippen LogP contribution in [0.15, 0.2) is 22.7 Å². The number of ether oxygens (including phenoxy) is 2. The molecule has 0 radical (unpaired) electrons. The molecule has 1 aromatic heterocycles. The molecule has 2 aromatic rings. The quantitative estimate of drug-likeness (QED) is 0.936. The number of rotatable bonds is 3. The van der Waals surface area contributed by atoms with Crippen molar-refractivity contribution in [2.45, 2.75) is 26.2 Å². The van der Waals surface area contributed by atoms with E-state index in [1.165, 1.54) is 6.07 Å². The summed E-state index contributed by atoms with van der Waals surface area (Å²) in [5.41, 5.74) is 2.23. The van der Waals surface area contributed by atoms with Gasteiger partial charge in [0, 0.05) is 23.6 Å². The molecule has 6 heteroatoms. The summed E-state index contributed by atoms with van der Waals surface area (Å²) < 4.78 is 16.4. The second-order valence-electron chi connectivity index (χ2n) is 5.44. The minimum absolute atomic E-state index is 0.164. The Bertz CT molecular complexity index is 705. The Morgan fingerprint density at radius 1 is 1.27 bits per heavy atom. The zero-order chi connectivity index (χ0) is 15.7. The molecule has 1 aromatic carbocycles. The summed E-state index contributed by atoms with van der Waals surface area (Å²) in [5.74, 6) is 0.268.